The molecule has 1 aliphatic heterocycles. The van der Waals surface area contributed by atoms with Crippen molar-refractivity contribution >= 4 is 22.8 Å². The highest BCUT2D eigenvalue weighted by Gasteiger charge is 2.34. The molecule has 14 heavy (non-hydrogen) atoms. The van der Waals surface area contributed by atoms with E-state index in [4.69, 9.17) is 0 Å². The number of esters is 1. The molecule has 3 nitrogen and oxygen atoms in total. The summed E-state index contributed by atoms with van der Waals surface area (Å²) in [6.45, 7) is 0. The number of hydrogen-bond acceptors (Lipinski definition) is 4. The van der Waals surface area contributed by atoms with Crippen LogP contribution in [0.1, 0.15) is 6.42 Å². The standard InChI is InChI=1S/C7H8F3NO2S/c1-13-6(12)4-3-14-5(11-4)2-7(8,9)10/h4H,2-3H2,1H3/t4-/m0/s1. The number of halogens is 3. The summed E-state index contributed by atoms with van der Waals surface area (Å²) in [7, 11) is 1.18. The van der Waals surface area contributed by atoms with Crippen molar-refractivity contribution in [2.24, 2.45) is 4.99 Å². The Hall–Kier alpha value is -0.720. The Bertz CT molecular complexity index is 264. The van der Waals surface area contributed by atoms with Gasteiger partial charge in [0.05, 0.1) is 18.6 Å². The summed E-state index contributed by atoms with van der Waals surface area (Å²) >= 11 is 0.950. The zero-order valence-corrected chi connectivity index (χ0v) is 8.11. The van der Waals surface area contributed by atoms with Crippen molar-refractivity contribution in [3.8, 4) is 0 Å². The molecule has 0 radical (unpaired) electrons. The summed E-state index contributed by atoms with van der Waals surface area (Å²) in [6.07, 6.45) is -5.33. The number of carbonyl (C=O) groups excluding carboxylic acids is 1. The van der Waals surface area contributed by atoms with E-state index >= 15 is 0 Å². The van der Waals surface area contributed by atoms with Gasteiger partial charge in [-0.25, -0.2) is 4.79 Å². The van der Waals surface area contributed by atoms with E-state index in [0.29, 0.717) is 0 Å². The Morgan fingerprint density at radius 3 is 2.86 bits per heavy atom. The fourth-order valence-corrected chi connectivity index (χ4v) is 1.98. The number of ether oxygens (including phenoxy) is 1. The molecule has 1 aliphatic rings. The van der Waals surface area contributed by atoms with Gasteiger partial charge in [0.15, 0.2) is 6.04 Å². The molecule has 0 bridgehead atoms. The molecule has 0 aromatic carbocycles. The molecule has 0 aromatic heterocycles. The fraction of sp³-hybridized carbons (Fsp3) is 0.714. The van der Waals surface area contributed by atoms with Crippen LogP contribution in [-0.2, 0) is 9.53 Å². The second-order valence-corrected chi connectivity index (χ2v) is 3.76. The number of alkyl halides is 3. The molecule has 0 saturated heterocycles. The third-order valence-corrected chi connectivity index (χ3v) is 2.60. The maximum Gasteiger partial charge on any atom is 0.395 e. The summed E-state index contributed by atoms with van der Waals surface area (Å²) in [5, 5.41) is -0.0482. The van der Waals surface area contributed by atoms with Gasteiger partial charge < -0.3 is 4.74 Å². The molecule has 0 unspecified atom stereocenters. The van der Waals surface area contributed by atoms with Crippen molar-refractivity contribution in [3.63, 3.8) is 0 Å². The molecule has 80 valence electrons. The number of aliphatic imine (C=N–C) groups is 1. The smallest absolute Gasteiger partial charge is 0.395 e. The quantitative estimate of drug-likeness (QED) is 0.673. The van der Waals surface area contributed by atoms with E-state index in [1.165, 1.54) is 7.11 Å². The van der Waals surface area contributed by atoms with Gasteiger partial charge in [0.25, 0.3) is 0 Å². The minimum absolute atomic E-state index is 0.0482. The van der Waals surface area contributed by atoms with E-state index in [-0.39, 0.29) is 10.8 Å². The Labute approximate surface area is 82.7 Å². The second kappa shape index (κ2) is 4.20. The van der Waals surface area contributed by atoms with Crippen molar-refractivity contribution in [2.45, 2.75) is 18.6 Å². The van der Waals surface area contributed by atoms with Crippen molar-refractivity contribution in [3.05, 3.63) is 0 Å². The van der Waals surface area contributed by atoms with Gasteiger partial charge in [-0.15, -0.1) is 11.8 Å². The van der Waals surface area contributed by atoms with Crippen molar-refractivity contribution < 1.29 is 22.7 Å². The van der Waals surface area contributed by atoms with Gasteiger partial charge in [-0.05, 0) is 0 Å². The minimum Gasteiger partial charge on any atom is -0.467 e. The molecule has 1 atom stereocenters. The number of carbonyl (C=O) groups is 1. The predicted molar refractivity (Wildman–Crippen MR) is 46.4 cm³/mol. The lowest BCUT2D eigenvalue weighted by Crippen LogP contribution is -2.20. The van der Waals surface area contributed by atoms with Gasteiger partial charge >= 0.3 is 12.1 Å². The van der Waals surface area contributed by atoms with E-state index < -0.39 is 24.6 Å². The van der Waals surface area contributed by atoms with Gasteiger partial charge in [0, 0.05) is 5.75 Å². The molecule has 1 heterocycles. The van der Waals surface area contributed by atoms with Gasteiger partial charge in [0.2, 0.25) is 0 Å². The van der Waals surface area contributed by atoms with Gasteiger partial charge in [-0.1, -0.05) is 0 Å². The number of hydrogen-bond donors (Lipinski definition) is 0. The Morgan fingerprint density at radius 2 is 2.36 bits per heavy atom. The predicted octanol–water partition coefficient (Wildman–Crippen LogP) is 1.63. The SMILES string of the molecule is COC(=O)[C@@H]1CSC(CC(F)(F)F)=N1. The average Bonchev–Trinajstić information content (AvgIpc) is 2.48. The molecular formula is C7H8F3NO2S. The van der Waals surface area contributed by atoms with E-state index in [1.54, 1.807) is 0 Å². The van der Waals surface area contributed by atoms with Crippen LogP contribution in [0.15, 0.2) is 4.99 Å². The highest BCUT2D eigenvalue weighted by atomic mass is 32.2. The van der Waals surface area contributed by atoms with Crippen molar-refractivity contribution in [2.75, 3.05) is 12.9 Å². The van der Waals surface area contributed by atoms with E-state index in [1.807, 2.05) is 0 Å². The average molecular weight is 227 g/mol. The Kier molecular flexibility index (Phi) is 3.41. The number of rotatable bonds is 2. The van der Waals surface area contributed by atoms with Crippen LogP contribution in [0.5, 0.6) is 0 Å². The lowest BCUT2D eigenvalue weighted by molar-refractivity contribution is -0.141. The van der Waals surface area contributed by atoms with Crippen LogP contribution in [-0.4, -0.2) is 36.1 Å². The molecule has 0 N–H and O–H groups in total. The maximum atomic E-state index is 11.9. The molecule has 7 heteroatoms. The topological polar surface area (TPSA) is 38.7 Å². The monoisotopic (exact) mass is 227 g/mol. The first-order chi connectivity index (χ1) is 6.42. The first-order valence-corrected chi connectivity index (χ1v) is 4.75. The summed E-state index contributed by atoms with van der Waals surface area (Å²) < 4.78 is 40.1. The minimum atomic E-state index is -4.27. The van der Waals surface area contributed by atoms with Crippen LogP contribution in [0.4, 0.5) is 13.2 Å². The highest BCUT2D eigenvalue weighted by Crippen LogP contribution is 2.29. The third-order valence-electron chi connectivity index (χ3n) is 1.53. The lowest BCUT2D eigenvalue weighted by atomic mass is 10.3. The summed E-state index contributed by atoms with van der Waals surface area (Å²) in [5.41, 5.74) is 0. The number of thioether (sulfide) groups is 1. The molecule has 0 spiro atoms. The zero-order valence-electron chi connectivity index (χ0n) is 7.30. The highest BCUT2D eigenvalue weighted by molar-refractivity contribution is 8.14. The Balaban J connectivity index is 2.55. The van der Waals surface area contributed by atoms with E-state index in [9.17, 15) is 18.0 Å². The van der Waals surface area contributed by atoms with Crippen LogP contribution >= 0.6 is 11.8 Å². The number of methoxy groups -OCH3 is 1. The van der Waals surface area contributed by atoms with Gasteiger partial charge in [-0.3, -0.25) is 4.99 Å². The van der Waals surface area contributed by atoms with Crippen LogP contribution < -0.4 is 0 Å². The van der Waals surface area contributed by atoms with Crippen molar-refractivity contribution in [1.29, 1.82) is 0 Å². The molecule has 0 amide bonds. The summed E-state index contributed by atoms with van der Waals surface area (Å²) in [5.74, 6) is -0.354. The molecule has 0 aliphatic carbocycles. The molecule has 1 rings (SSSR count). The molecule has 0 fully saturated rings. The Morgan fingerprint density at radius 1 is 1.71 bits per heavy atom. The first-order valence-electron chi connectivity index (χ1n) is 3.76. The zero-order chi connectivity index (χ0) is 10.8. The molecule has 0 aromatic rings. The van der Waals surface area contributed by atoms with Gasteiger partial charge in [-0.2, -0.15) is 13.2 Å². The van der Waals surface area contributed by atoms with Crippen molar-refractivity contribution in [1.82, 2.24) is 0 Å². The van der Waals surface area contributed by atoms with Crippen LogP contribution in [0.25, 0.3) is 0 Å². The summed E-state index contributed by atoms with van der Waals surface area (Å²) in [6, 6.07) is -0.776. The normalized spacial score (nSPS) is 22.0. The van der Waals surface area contributed by atoms with Crippen LogP contribution in [0, 0.1) is 0 Å². The second-order valence-electron chi connectivity index (χ2n) is 2.66. The fourth-order valence-electron chi connectivity index (χ4n) is 0.948. The maximum absolute atomic E-state index is 11.9. The van der Waals surface area contributed by atoms with Gasteiger partial charge in [0.1, 0.15) is 0 Å². The van der Waals surface area contributed by atoms with E-state index in [2.05, 4.69) is 9.73 Å². The lowest BCUT2D eigenvalue weighted by Gasteiger charge is -2.03. The van der Waals surface area contributed by atoms with Crippen LogP contribution in [0.2, 0.25) is 0 Å². The number of nitrogens with zero attached hydrogens (tertiary/aromatic N) is 1. The van der Waals surface area contributed by atoms with E-state index in [0.717, 1.165) is 11.8 Å². The largest absolute Gasteiger partial charge is 0.467 e. The van der Waals surface area contributed by atoms with Crippen LogP contribution in [0.3, 0.4) is 0 Å². The first kappa shape index (κ1) is 11.4. The third kappa shape index (κ3) is 3.21. The summed E-state index contributed by atoms with van der Waals surface area (Å²) in [4.78, 5) is 14.5. The molecule has 0 saturated carbocycles. The molecular weight excluding hydrogens is 219 g/mol.